The van der Waals surface area contributed by atoms with Gasteiger partial charge >= 0.3 is 0 Å². The summed E-state index contributed by atoms with van der Waals surface area (Å²) in [6.07, 6.45) is 1.35. The summed E-state index contributed by atoms with van der Waals surface area (Å²) in [6, 6.07) is 30.6. The van der Waals surface area contributed by atoms with Gasteiger partial charge in [-0.3, -0.25) is 4.79 Å². The molecular weight excluding hydrogens is 332 g/mol. The predicted molar refractivity (Wildman–Crippen MR) is 112 cm³/mol. The van der Waals surface area contributed by atoms with E-state index in [1.165, 1.54) is 11.1 Å². The van der Waals surface area contributed by atoms with Crippen molar-refractivity contribution in [1.29, 1.82) is 0 Å². The first-order chi connectivity index (χ1) is 13.3. The zero-order valence-electron chi connectivity index (χ0n) is 15.5. The lowest BCUT2D eigenvalue weighted by atomic mass is 9.88. The Morgan fingerprint density at radius 2 is 1.22 bits per heavy atom. The Bertz CT molecular complexity index is 764. The average Bonchev–Trinajstić information content (AvgIpc) is 2.74. The topological polar surface area (TPSA) is 41.1 Å². The second kappa shape index (κ2) is 10.2. The molecule has 3 aromatic rings. The largest absolute Gasteiger partial charge is 0.385 e. The third kappa shape index (κ3) is 6.00. The van der Waals surface area contributed by atoms with Crippen LogP contribution in [0.5, 0.6) is 0 Å². The molecule has 0 aromatic heterocycles. The summed E-state index contributed by atoms with van der Waals surface area (Å²) in [6.45, 7) is 1.51. The van der Waals surface area contributed by atoms with Crippen LogP contribution in [0.25, 0.3) is 0 Å². The highest BCUT2D eigenvalue weighted by Gasteiger charge is 2.17. The highest BCUT2D eigenvalue weighted by atomic mass is 16.1. The monoisotopic (exact) mass is 358 g/mol. The number of anilines is 1. The van der Waals surface area contributed by atoms with Crippen LogP contribution in [0, 0.1) is 0 Å². The molecule has 0 radical (unpaired) electrons. The summed E-state index contributed by atoms with van der Waals surface area (Å²) in [5, 5.41) is 6.42. The maximum absolute atomic E-state index is 12.5. The lowest BCUT2D eigenvalue weighted by Gasteiger charge is -2.18. The van der Waals surface area contributed by atoms with Crippen molar-refractivity contribution in [3.63, 3.8) is 0 Å². The quantitative estimate of drug-likeness (QED) is 0.538. The van der Waals surface area contributed by atoms with Crippen molar-refractivity contribution in [2.24, 2.45) is 0 Å². The molecule has 0 fully saturated rings. The fourth-order valence-corrected chi connectivity index (χ4v) is 3.16. The molecular formula is C24H26N2O. The SMILES string of the molecule is O=C(CC(c1ccccc1)c1ccccc1)NCCCNc1ccccc1. The Morgan fingerprint density at radius 1 is 0.704 bits per heavy atom. The van der Waals surface area contributed by atoms with E-state index in [0.29, 0.717) is 13.0 Å². The van der Waals surface area contributed by atoms with E-state index in [1.807, 2.05) is 66.7 Å². The Morgan fingerprint density at radius 3 is 1.78 bits per heavy atom. The Hall–Kier alpha value is -3.07. The summed E-state index contributed by atoms with van der Waals surface area (Å²) in [5.41, 5.74) is 3.45. The highest BCUT2D eigenvalue weighted by molar-refractivity contribution is 5.77. The number of amides is 1. The second-order valence-electron chi connectivity index (χ2n) is 6.57. The molecule has 1 amide bonds. The van der Waals surface area contributed by atoms with Gasteiger partial charge in [-0.15, -0.1) is 0 Å². The van der Waals surface area contributed by atoms with Gasteiger partial charge in [0.2, 0.25) is 5.91 Å². The summed E-state index contributed by atoms with van der Waals surface area (Å²) in [5.74, 6) is 0.169. The van der Waals surface area contributed by atoms with Crippen LogP contribution in [-0.2, 0) is 4.79 Å². The summed E-state index contributed by atoms with van der Waals surface area (Å²) >= 11 is 0. The molecule has 0 bridgehead atoms. The standard InChI is InChI=1S/C24H26N2O/c27-24(26-18-10-17-25-22-15-8-3-9-16-22)19-23(20-11-4-1-5-12-20)21-13-6-2-7-14-21/h1-9,11-16,23,25H,10,17-19H2,(H,26,27). The van der Waals surface area contributed by atoms with Crippen molar-refractivity contribution < 1.29 is 4.79 Å². The maximum Gasteiger partial charge on any atom is 0.220 e. The molecule has 2 N–H and O–H groups in total. The fourth-order valence-electron chi connectivity index (χ4n) is 3.16. The van der Waals surface area contributed by atoms with Gasteiger partial charge < -0.3 is 10.6 Å². The highest BCUT2D eigenvalue weighted by Crippen LogP contribution is 2.27. The molecule has 3 aromatic carbocycles. The molecule has 3 nitrogen and oxygen atoms in total. The zero-order valence-corrected chi connectivity index (χ0v) is 15.5. The van der Waals surface area contributed by atoms with Gasteiger partial charge in [0, 0.05) is 31.1 Å². The minimum Gasteiger partial charge on any atom is -0.385 e. The lowest BCUT2D eigenvalue weighted by Crippen LogP contribution is -2.27. The third-order valence-electron chi connectivity index (χ3n) is 4.57. The lowest BCUT2D eigenvalue weighted by molar-refractivity contribution is -0.121. The first-order valence-corrected chi connectivity index (χ1v) is 9.48. The smallest absolute Gasteiger partial charge is 0.220 e. The van der Waals surface area contributed by atoms with Crippen molar-refractivity contribution >= 4 is 11.6 Å². The number of hydrogen-bond donors (Lipinski definition) is 2. The van der Waals surface area contributed by atoms with E-state index in [-0.39, 0.29) is 11.8 Å². The van der Waals surface area contributed by atoms with Gasteiger partial charge in [0.25, 0.3) is 0 Å². The van der Waals surface area contributed by atoms with Crippen LogP contribution < -0.4 is 10.6 Å². The molecule has 138 valence electrons. The molecule has 0 aliphatic heterocycles. The van der Waals surface area contributed by atoms with Crippen LogP contribution in [0.2, 0.25) is 0 Å². The molecule has 0 aliphatic rings. The van der Waals surface area contributed by atoms with Gasteiger partial charge in [-0.25, -0.2) is 0 Å². The van der Waals surface area contributed by atoms with Crippen LogP contribution in [-0.4, -0.2) is 19.0 Å². The Labute approximate surface area is 161 Å². The van der Waals surface area contributed by atoms with Crippen molar-refractivity contribution in [2.45, 2.75) is 18.8 Å². The Balaban J connectivity index is 1.49. The van der Waals surface area contributed by atoms with Gasteiger partial charge in [-0.1, -0.05) is 78.9 Å². The number of carbonyl (C=O) groups is 1. The molecule has 3 rings (SSSR count). The molecule has 0 atom stereocenters. The van der Waals surface area contributed by atoms with Crippen molar-refractivity contribution in [2.75, 3.05) is 18.4 Å². The van der Waals surface area contributed by atoms with E-state index < -0.39 is 0 Å². The summed E-state index contributed by atoms with van der Waals surface area (Å²) in [4.78, 5) is 12.5. The minimum absolute atomic E-state index is 0.0786. The number of hydrogen-bond acceptors (Lipinski definition) is 2. The van der Waals surface area contributed by atoms with E-state index in [2.05, 4.69) is 34.9 Å². The van der Waals surface area contributed by atoms with Gasteiger partial charge in [-0.05, 0) is 29.7 Å². The normalized spacial score (nSPS) is 10.6. The van der Waals surface area contributed by atoms with Crippen molar-refractivity contribution in [3.05, 3.63) is 102 Å². The zero-order chi connectivity index (χ0) is 18.7. The molecule has 0 spiro atoms. The van der Waals surface area contributed by atoms with Gasteiger partial charge in [0.05, 0.1) is 0 Å². The van der Waals surface area contributed by atoms with E-state index in [1.54, 1.807) is 0 Å². The molecule has 27 heavy (non-hydrogen) atoms. The van der Waals surface area contributed by atoms with Crippen molar-refractivity contribution in [1.82, 2.24) is 5.32 Å². The summed E-state index contributed by atoms with van der Waals surface area (Å²) in [7, 11) is 0. The average molecular weight is 358 g/mol. The van der Waals surface area contributed by atoms with E-state index in [4.69, 9.17) is 0 Å². The van der Waals surface area contributed by atoms with Gasteiger partial charge in [0.1, 0.15) is 0 Å². The molecule has 0 saturated heterocycles. The van der Waals surface area contributed by atoms with E-state index in [9.17, 15) is 4.79 Å². The van der Waals surface area contributed by atoms with Gasteiger partial charge in [-0.2, -0.15) is 0 Å². The first kappa shape index (κ1) is 18.7. The predicted octanol–water partition coefficient (Wildman–Crippen LogP) is 4.83. The van der Waals surface area contributed by atoms with E-state index >= 15 is 0 Å². The number of carbonyl (C=O) groups excluding carboxylic acids is 1. The molecule has 0 saturated carbocycles. The second-order valence-corrected chi connectivity index (χ2v) is 6.57. The summed E-state index contributed by atoms with van der Waals surface area (Å²) < 4.78 is 0. The molecule has 0 unspecified atom stereocenters. The minimum atomic E-state index is 0.0786. The number of para-hydroxylation sites is 1. The molecule has 0 aliphatic carbocycles. The van der Waals surface area contributed by atoms with Gasteiger partial charge in [0.15, 0.2) is 0 Å². The molecule has 3 heteroatoms. The number of benzene rings is 3. The van der Waals surface area contributed by atoms with Crippen LogP contribution in [0.1, 0.15) is 29.9 Å². The first-order valence-electron chi connectivity index (χ1n) is 9.48. The molecule has 0 heterocycles. The Kier molecular flexibility index (Phi) is 7.05. The number of nitrogens with one attached hydrogen (secondary N) is 2. The van der Waals surface area contributed by atoms with Crippen LogP contribution in [0.4, 0.5) is 5.69 Å². The third-order valence-corrected chi connectivity index (χ3v) is 4.57. The van der Waals surface area contributed by atoms with Crippen LogP contribution in [0.15, 0.2) is 91.0 Å². The van der Waals surface area contributed by atoms with Crippen molar-refractivity contribution in [3.8, 4) is 0 Å². The number of rotatable bonds is 9. The maximum atomic E-state index is 12.5. The van der Waals surface area contributed by atoms with Crippen LogP contribution >= 0.6 is 0 Å². The fraction of sp³-hybridized carbons (Fsp3) is 0.208. The van der Waals surface area contributed by atoms with E-state index in [0.717, 1.165) is 18.7 Å². The van der Waals surface area contributed by atoms with Crippen LogP contribution in [0.3, 0.4) is 0 Å².